The average molecular weight is 417 g/mol. The van der Waals surface area contributed by atoms with Gasteiger partial charge in [-0.2, -0.15) is 0 Å². The van der Waals surface area contributed by atoms with Crippen LogP contribution in [0.15, 0.2) is 76.5 Å². The van der Waals surface area contributed by atoms with E-state index in [0.29, 0.717) is 11.3 Å². The molecule has 0 bridgehead atoms. The van der Waals surface area contributed by atoms with Gasteiger partial charge in [0.15, 0.2) is 0 Å². The molecule has 0 aliphatic heterocycles. The van der Waals surface area contributed by atoms with Gasteiger partial charge in [0.25, 0.3) is 5.91 Å². The number of carbonyl (C=O) groups excluding carboxylic acids is 2. The molecule has 0 atom stereocenters. The van der Waals surface area contributed by atoms with Crippen LogP contribution in [0.5, 0.6) is 5.75 Å². The van der Waals surface area contributed by atoms with E-state index in [1.807, 2.05) is 24.3 Å². The van der Waals surface area contributed by atoms with Gasteiger partial charge >= 0.3 is 11.6 Å². The second-order valence-electron chi connectivity index (χ2n) is 7.22. The number of hydrogen-bond donors (Lipinski definition) is 1. The van der Waals surface area contributed by atoms with Crippen molar-refractivity contribution in [2.75, 3.05) is 6.54 Å². The summed E-state index contributed by atoms with van der Waals surface area (Å²) < 4.78 is 10.5. The number of esters is 1. The van der Waals surface area contributed by atoms with Gasteiger partial charge in [-0.05, 0) is 41.3 Å². The zero-order valence-electron chi connectivity index (χ0n) is 17.4. The molecule has 1 aromatic heterocycles. The highest BCUT2D eigenvalue weighted by Crippen LogP contribution is 2.21. The van der Waals surface area contributed by atoms with E-state index in [1.165, 1.54) is 29.8 Å². The number of amides is 1. The fraction of sp³-hybridized carbons (Fsp3) is 0.160. The van der Waals surface area contributed by atoms with Crippen molar-refractivity contribution in [3.05, 3.63) is 94.4 Å². The number of carbonyl (C=O) groups is 2. The first-order valence-corrected chi connectivity index (χ1v) is 9.84. The number of rotatable bonds is 7. The smallest absolute Gasteiger partial charge is 0.349 e. The summed E-state index contributed by atoms with van der Waals surface area (Å²) in [6.45, 7) is 7.98. The second-order valence-corrected chi connectivity index (χ2v) is 7.22. The van der Waals surface area contributed by atoms with Gasteiger partial charge in [-0.15, -0.1) is 6.58 Å². The summed E-state index contributed by atoms with van der Waals surface area (Å²) >= 11 is 0. The van der Waals surface area contributed by atoms with Gasteiger partial charge in [-0.25, -0.2) is 9.59 Å². The van der Waals surface area contributed by atoms with Crippen LogP contribution < -0.4 is 15.7 Å². The van der Waals surface area contributed by atoms with Gasteiger partial charge in [0.2, 0.25) is 0 Å². The van der Waals surface area contributed by atoms with Crippen LogP contribution in [0.1, 0.15) is 41.3 Å². The van der Waals surface area contributed by atoms with E-state index in [1.54, 1.807) is 18.2 Å². The van der Waals surface area contributed by atoms with E-state index in [4.69, 9.17) is 9.15 Å². The first-order chi connectivity index (χ1) is 14.9. The van der Waals surface area contributed by atoms with Crippen LogP contribution in [0.4, 0.5) is 0 Å². The number of hydrogen-bond acceptors (Lipinski definition) is 5. The van der Waals surface area contributed by atoms with Gasteiger partial charge in [-0.1, -0.05) is 44.2 Å². The molecule has 0 aliphatic rings. The lowest BCUT2D eigenvalue weighted by Crippen LogP contribution is -2.28. The van der Waals surface area contributed by atoms with Gasteiger partial charge in [-0.3, -0.25) is 4.79 Å². The number of nitrogens with one attached hydrogen (secondary N) is 1. The number of fused-ring (bicyclic) bond motifs is 1. The largest absolute Gasteiger partial charge is 0.423 e. The van der Waals surface area contributed by atoms with Gasteiger partial charge in [0.1, 0.15) is 16.9 Å². The molecule has 6 heteroatoms. The quantitative estimate of drug-likeness (QED) is 0.202. The average Bonchev–Trinajstić information content (AvgIpc) is 2.75. The fourth-order valence-electron chi connectivity index (χ4n) is 2.88. The summed E-state index contributed by atoms with van der Waals surface area (Å²) in [6.07, 6.45) is 4.51. The topological polar surface area (TPSA) is 85.6 Å². The summed E-state index contributed by atoms with van der Waals surface area (Å²) in [5.74, 6) is -0.439. The number of benzene rings is 2. The van der Waals surface area contributed by atoms with Crippen molar-refractivity contribution < 1.29 is 18.7 Å². The van der Waals surface area contributed by atoms with Crippen molar-refractivity contribution in [1.82, 2.24) is 5.32 Å². The van der Waals surface area contributed by atoms with Gasteiger partial charge in [0.05, 0.1) is 0 Å². The zero-order chi connectivity index (χ0) is 22.4. The lowest BCUT2D eigenvalue weighted by Gasteiger charge is -2.05. The predicted octanol–water partition coefficient (Wildman–Crippen LogP) is 4.45. The van der Waals surface area contributed by atoms with Crippen LogP contribution in [0.2, 0.25) is 0 Å². The third-order valence-electron chi connectivity index (χ3n) is 4.59. The summed E-state index contributed by atoms with van der Waals surface area (Å²) in [5.41, 5.74) is 1.43. The Kier molecular flexibility index (Phi) is 6.82. The minimum atomic E-state index is -0.776. The predicted molar refractivity (Wildman–Crippen MR) is 120 cm³/mol. The molecule has 1 amide bonds. The van der Waals surface area contributed by atoms with Crippen molar-refractivity contribution in [3.8, 4) is 5.75 Å². The van der Waals surface area contributed by atoms with E-state index in [2.05, 4.69) is 25.7 Å². The highest BCUT2D eigenvalue weighted by atomic mass is 16.5. The molecule has 31 heavy (non-hydrogen) atoms. The maximum absolute atomic E-state index is 12.1. The van der Waals surface area contributed by atoms with E-state index in [0.717, 1.165) is 5.56 Å². The Morgan fingerprint density at radius 2 is 1.87 bits per heavy atom. The molecule has 3 rings (SSSR count). The Labute approximate surface area is 179 Å². The monoisotopic (exact) mass is 417 g/mol. The van der Waals surface area contributed by atoms with Crippen LogP contribution in [-0.2, 0) is 4.79 Å². The Morgan fingerprint density at radius 3 is 2.55 bits per heavy atom. The maximum atomic E-state index is 12.1. The SMILES string of the molecule is C=CCNC(=O)c1cc2ccc(OC(=O)/C=C/c3ccc(C(C)C)cc3)cc2oc1=O. The van der Waals surface area contributed by atoms with Crippen LogP contribution in [0.3, 0.4) is 0 Å². The molecule has 1 N–H and O–H groups in total. The van der Waals surface area contributed by atoms with Crippen molar-refractivity contribution in [3.63, 3.8) is 0 Å². The van der Waals surface area contributed by atoms with Crippen molar-refractivity contribution in [1.29, 1.82) is 0 Å². The van der Waals surface area contributed by atoms with E-state index >= 15 is 0 Å². The Bertz CT molecular complexity index is 1200. The Hall–Kier alpha value is -3.93. The molecule has 0 saturated carbocycles. The summed E-state index contributed by atoms with van der Waals surface area (Å²) in [6, 6.07) is 14.0. The molecule has 0 fully saturated rings. The lowest BCUT2D eigenvalue weighted by molar-refractivity contribution is -0.128. The maximum Gasteiger partial charge on any atom is 0.349 e. The van der Waals surface area contributed by atoms with Crippen LogP contribution in [-0.4, -0.2) is 18.4 Å². The minimum absolute atomic E-state index is 0.106. The summed E-state index contributed by atoms with van der Waals surface area (Å²) in [5, 5.41) is 3.07. The summed E-state index contributed by atoms with van der Waals surface area (Å²) in [4.78, 5) is 36.3. The van der Waals surface area contributed by atoms with E-state index in [9.17, 15) is 14.4 Å². The molecule has 6 nitrogen and oxygen atoms in total. The van der Waals surface area contributed by atoms with Crippen LogP contribution >= 0.6 is 0 Å². The fourth-order valence-corrected chi connectivity index (χ4v) is 2.88. The van der Waals surface area contributed by atoms with Crippen molar-refractivity contribution in [2.24, 2.45) is 0 Å². The molecule has 0 radical (unpaired) electrons. The third-order valence-corrected chi connectivity index (χ3v) is 4.59. The molecule has 0 spiro atoms. The normalized spacial score (nSPS) is 11.1. The molecule has 2 aromatic carbocycles. The minimum Gasteiger partial charge on any atom is -0.423 e. The zero-order valence-corrected chi connectivity index (χ0v) is 17.4. The van der Waals surface area contributed by atoms with Gasteiger partial charge in [0, 0.05) is 24.1 Å². The Morgan fingerprint density at radius 1 is 1.13 bits per heavy atom. The number of ether oxygens (including phenoxy) is 1. The highest BCUT2D eigenvalue weighted by Gasteiger charge is 2.14. The van der Waals surface area contributed by atoms with E-state index in [-0.39, 0.29) is 23.4 Å². The second kappa shape index (κ2) is 9.71. The molecule has 1 heterocycles. The molecular weight excluding hydrogens is 394 g/mol. The van der Waals surface area contributed by atoms with Crippen LogP contribution in [0, 0.1) is 0 Å². The lowest BCUT2D eigenvalue weighted by atomic mass is 10.0. The first-order valence-electron chi connectivity index (χ1n) is 9.84. The molecule has 158 valence electrons. The highest BCUT2D eigenvalue weighted by molar-refractivity contribution is 5.97. The summed E-state index contributed by atoms with van der Waals surface area (Å²) in [7, 11) is 0. The van der Waals surface area contributed by atoms with E-state index < -0.39 is 17.5 Å². The molecule has 0 aliphatic carbocycles. The molecule has 3 aromatic rings. The van der Waals surface area contributed by atoms with Crippen molar-refractivity contribution >= 4 is 28.9 Å². The molecular formula is C25H23NO5. The third kappa shape index (κ3) is 5.57. The van der Waals surface area contributed by atoms with Gasteiger partial charge < -0.3 is 14.5 Å². The Balaban J connectivity index is 1.72. The molecule has 0 saturated heterocycles. The molecule has 0 unspecified atom stereocenters. The van der Waals surface area contributed by atoms with Crippen molar-refractivity contribution in [2.45, 2.75) is 19.8 Å². The van der Waals surface area contributed by atoms with Crippen LogP contribution in [0.25, 0.3) is 17.0 Å². The first kappa shape index (κ1) is 21.8. The standard InChI is InChI=1S/C25H23NO5/c1-4-13-26-24(28)21-14-19-10-11-20(15-22(19)31-25(21)29)30-23(27)12-7-17-5-8-18(9-6-17)16(2)3/h4-12,14-16H,1,13H2,2-3H3,(H,26,28)/b12-7+.